The Hall–Kier alpha value is -3.77. The number of nitrogens with one attached hydrogen (secondary N) is 3. The van der Waals surface area contributed by atoms with Gasteiger partial charge < -0.3 is 25.4 Å². The smallest absolute Gasteiger partial charge is 0.325 e. The number of fused-ring (bicyclic) bond motifs is 1. The highest BCUT2D eigenvalue weighted by Gasteiger charge is 2.28. The number of hydrogen-bond acceptors (Lipinski definition) is 9. The summed E-state index contributed by atoms with van der Waals surface area (Å²) in [5, 5.41) is 19.0. The number of benzene rings is 1. The molecule has 3 amide bonds. The molecule has 2 aliphatic rings. The number of para-hydroxylation sites is 1. The number of aliphatic hydroxyl groups is 1. The molecule has 1 aliphatic carbocycles. The molecule has 2 atom stereocenters. The van der Waals surface area contributed by atoms with Crippen molar-refractivity contribution in [3.05, 3.63) is 52.2 Å². The second-order valence-electron chi connectivity index (χ2n) is 9.12. The summed E-state index contributed by atoms with van der Waals surface area (Å²) in [6.45, 7) is 3.25. The van der Waals surface area contributed by atoms with E-state index in [1.807, 2.05) is 13.0 Å². The van der Waals surface area contributed by atoms with Gasteiger partial charge in [-0.2, -0.15) is 4.98 Å². The molecule has 0 saturated heterocycles. The minimum atomic E-state index is -0.542. The van der Waals surface area contributed by atoms with Gasteiger partial charge in [0.1, 0.15) is 5.82 Å². The summed E-state index contributed by atoms with van der Waals surface area (Å²) in [6, 6.07) is 8.29. The zero-order valence-corrected chi connectivity index (χ0v) is 21.5. The normalized spacial score (nSPS) is 18.7. The number of thiazole rings is 1. The maximum Gasteiger partial charge on any atom is 0.325 e. The van der Waals surface area contributed by atoms with Crippen LogP contribution in [0.25, 0.3) is 0 Å². The number of ether oxygens (including phenoxy) is 1. The number of nitrogens with zero attached hydrogens (tertiary/aromatic N) is 4. The molecule has 0 bridgehead atoms. The third-order valence-electron chi connectivity index (χ3n) is 6.49. The van der Waals surface area contributed by atoms with E-state index < -0.39 is 12.1 Å². The lowest BCUT2D eigenvalue weighted by Gasteiger charge is -2.27. The van der Waals surface area contributed by atoms with Crippen molar-refractivity contribution in [2.45, 2.75) is 51.3 Å². The van der Waals surface area contributed by atoms with Crippen LogP contribution in [0.15, 0.2) is 30.3 Å². The molecular weight excluding hydrogens is 494 g/mol. The molecule has 1 saturated carbocycles. The number of aliphatic hydroxyl groups excluding tert-OH is 1. The van der Waals surface area contributed by atoms with Gasteiger partial charge in [0.2, 0.25) is 0 Å². The van der Waals surface area contributed by atoms with Crippen molar-refractivity contribution in [2.75, 3.05) is 29.2 Å². The summed E-state index contributed by atoms with van der Waals surface area (Å²) in [6.07, 6.45) is 2.46. The van der Waals surface area contributed by atoms with Crippen LogP contribution in [-0.4, -0.2) is 57.8 Å². The van der Waals surface area contributed by atoms with Crippen molar-refractivity contribution < 1.29 is 19.4 Å². The van der Waals surface area contributed by atoms with Crippen LogP contribution in [0.2, 0.25) is 0 Å². The van der Waals surface area contributed by atoms with Gasteiger partial charge in [-0.15, -0.1) is 0 Å². The Morgan fingerprint density at radius 2 is 2.00 bits per heavy atom. The molecule has 194 valence electrons. The van der Waals surface area contributed by atoms with Crippen LogP contribution in [0.4, 0.5) is 21.4 Å². The molecule has 37 heavy (non-hydrogen) atoms. The fourth-order valence-electron chi connectivity index (χ4n) is 4.62. The standard InChI is InChI=1S/C25H29N7O4S/c1-14-12-21(30-24(26-14)36-2)32-11-10-18-20(13-32)37-25(29-18)31-23(35)28-16-7-4-3-6-15(16)22(34)27-17-8-5-9-19(17)33/h3-4,6-7,12,17,19,33H,5,8-11,13H2,1-2H3,(H,27,34)(H2,28,29,31,35). The molecule has 1 aliphatic heterocycles. The maximum absolute atomic E-state index is 12.8. The van der Waals surface area contributed by atoms with E-state index in [2.05, 4.69) is 35.8 Å². The molecule has 0 radical (unpaired) electrons. The number of carbonyl (C=O) groups is 2. The summed E-state index contributed by atoms with van der Waals surface area (Å²) in [5.41, 5.74) is 2.49. The van der Waals surface area contributed by atoms with E-state index in [1.165, 1.54) is 11.3 Å². The first kappa shape index (κ1) is 24.9. The Balaban J connectivity index is 1.23. The molecule has 5 rings (SSSR count). The fraction of sp³-hybridized carbons (Fsp3) is 0.400. The fourth-order valence-corrected chi connectivity index (χ4v) is 5.64. The Labute approximate surface area is 218 Å². The molecule has 1 aromatic carbocycles. The molecule has 3 heterocycles. The number of carbonyl (C=O) groups excluding carboxylic acids is 2. The van der Waals surface area contributed by atoms with Gasteiger partial charge in [0.05, 0.1) is 42.7 Å². The van der Waals surface area contributed by atoms with Gasteiger partial charge in [-0.3, -0.25) is 10.1 Å². The van der Waals surface area contributed by atoms with Crippen molar-refractivity contribution in [3.63, 3.8) is 0 Å². The van der Waals surface area contributed by atoms with E-state index in [9.17, 15) is 14.7 Å². The lowest BCUT2D eigenvalue weighted by Crippen LogP contribution is -2.40. The Kier molecular flexibility index (Phi) is 7.19. The van der Waals surface area contributed by atoms with Crippen LogP contribution in [-0.2, 0) is 13.0 Å². The first-order valence-corrected chi connectivity index (χ1v) is 13.0. The summed E-state index contributed by atoms with van der Waals surface area (Å²) in [5.74, 6) is 0.457. The van der Waals surface area contributed by atoms with Gasteiger partial charge in [-0.1, -0.05) is 23.5 Å². The molecule has 12 heteroatoms. The average Bonchev–Trinajstić information content (AvgIpc) is 3.48. The number of aryl methyl sites for hydroxylation is 1. The van der Waals surface area contributed by atoms with E-state index in [1.54, 1.807) is 31.4 Å². The van der Waals surface area contributed by atoms with Gasteiger partial charge in [0, 0.05) is 29.6 Å². The van der Waals surface area contributed by atoms with Crippen molar-refractivity contribution in [3.8, 4) is 6.01 Å². The zero-order valence-electron chi connectivity index (χ0n) is 20.7. The van der Waals surface area contributed by atoms with Crippen molar-refractivity contribution in [2.24, 2.45) is 0 Å². The van der Waals surface area contributed by atoms with Gasteiger partial charge >= 0.3 is 12.0 Å². The van der Waals surface area contributed by atoms with Crippen molar-refractivity contribution in [1.82, 2.24) is 20.3 Å². The second kappa shape index (κ2) is 10.7. The number of urea groups is 1. The zero-order chi connectivity index (χ0) is 25.9. The first-order valence-electron chi connectivity index (χ1n) is 12.2. The van der Waals surface area contributed by atoms with E-state index in [4.69, 9.17) is 4.74 Å². The topological polar surface area (TPSA) is 142 Å². The summed E-state index contributed by atoms with van der Waals surface area (Å²) < 4.78 is 5.20. The molecule has 2 aromatic heterocycles. The Morgan fingerprint density at radius 1 is 1.16 bits per heavy atom. The molecule has 1 fully saturated rings. The van der Waals surface area contributed by atoms with Crippen LogP contribution >= 0.6 is 11.3 Å². The van der Waals surface area contributed by atoms with Crippen LogP contribution < -0.4 is 25.6 Å². The van der Waals surface area contributed by atoms with Crippen molar-refractivity contribution in [1.29, 1.82) is 0 Å². The highest BCUT2D eigenvalue weighted by atomic mass is 32.1. The number of hydrogen-bond donors (Lipinski definition) is 4. The van der Waals surface area contributed by atoms with Gasteiger partial charge in [0.15, 0.2) is 5.13 Å². The Bertz CT molecular complexity index is 1310. The average molecular weight is 524 g/mol. The Morgan fingerprint density at radius 3 is 2.78 bits per heavy atom. The van der Waals surface area contributed by atoms with E-state index in [0.717, 1.165) is 47.9 Å². The number of rotatable bonds is 6. The lowest BCUT2D eigenvalue weighted by molar-refractivity contribution is 0.0874. The molecule has 4 N–H and O–H groups in total. The van der Waals surface area contributed by atoms with Crippen molar-refractivity contribution >= 4 is 39.9 Å². The minimum Gasteiger partial charge on any atom is -0.467 e. The predicted molar refractivity (Wildman–Crippen MR) is 140 cm³/mol. The first-order chi connectivity index (χ1) is 17.9. The molecule has 11 nitrogen and oxygen atoms in total. The predicted octanol–water partition coefficient (Wildman–Crippen LogP) is 3.10. The molecule has 0 spiro atoms. The molecule has 3 aromatic rings. The van der Waals surface area contributed by atoms with E-state index >= 15 is 0 Å². The summed E-state index contributed by atoms with van der Waals surface area (Å²) in [7, 11) is 1.55. The second-order valence-corrected chi connectivity index (χ2v) is 10.2. The summed E-state index contributed by atoms with van der Waals surface area (Å²) >= 11 is 1.41. The number of methoxy groups -OCH3 is 1. The lowest BCUT2D eigenvalue weighted by atomic mass is 10.1. The van der Waals surface area contributed by atoms with Crippen LogP contribution in [0.3, 0.4) is 0 Å². The number of anilines is 3. The molecular formula is C25H29N7O4S. The monoisotopic (exact) mass is 523 g/mol. The largest absolute Gasteiger partial charge is 0.467 e. The van der Waals surface area contributed by atoms with Gasteiger partial charge in [-0.05, 0) is 38.3 Å². The highest BCUT2D eigenvalue weighted by Crippen LogP contribution is 2.31. The summed E-state index contributed by atoms with van der Waals surface area (Å²) in [4.78, 5) is 42.1. The third-order valence-corrected chi connectivity index (χ3v) is 7.49. The third kappa shape index (κ3) is 5.65. The van der Waals surface area contributed by atoms with E-state index in [0.29, 0.717) is 35.4 Å². The maximum atomic E-state index is 12.8. The number of amides is 3. The van der Waals surface area contributed by atoms with Crippen LogP contribution in [0, 0.1) is 6.92 Å². The van der Waals surface area contributed by atoms with Gasteiger partial charge in [-0.25, -0.2) is 14.8 Å². The van der Waals surface area contributed by atoms with Crippen LogP contribution in [0.1, 0.15) is 45.9 Å². The van der Waals surface area contributed by atoms with E-state index in [-0.39, 0.29) is 11.9 Å². The number of aromatic nitrogens is 3. The van der Waals surface area contributed by atoms with Crippen LogP contribution in [0.5, 0.6) is 6.01 Å². The minimum absolute atomic E-state index is 0.275. The van der Waals surface area contributed by atoms with Gasteiger partial charge in [0.25, 0.3) is 5.91 Å². The highest BCUT2D eigenvalue weighted by molar-refractivity contribution is 7.15. The molecule has 2 unspecified atom stereocenters. The quantitative estimate of drug-likeness (QED) is 0.386. The SMILES string of the molecule is COc1nc(C)cc(N2CCc3nc(NC(=O)Nc4ccccc4C(=O)NC4CCCC4O)sc3C2)n1.